The second kappa shape index (κ2) is 3.78. The summed E-state index contributed by atoms with van der Waals surface area (Å²) < 4.78 is 0. The van der Waals surface area contributed by atoms with Crippen molar-refractivity contribution in [1.29, 1.82) is 0 Å². The predicted octanol–water partition coefficient (Wildman–Crippen LogP) is 3.27. The lowest BCUT2D eigenvalue weighted by Gasteiger charge is -2.22. The van der Waals surface area contributed by atoms with E-state index >= 15 is 0 Å². The van der Waals surface area contributed by atoms with Gasteiger partial charge in [0.2, 0.25) is 0 Å². The summed E-state index contributed by atoms with van der Waals surface area (Å²) in [6.07, 6.45) is 11.2. The van der Waals surface area contributed by atoms with Crippen LogP contribution in [0.1, 0.15) is 51.4 Å². The third-order valence-electron chi connectivity index (χ3n) is 3.55. The maximum absolute atomic E-state index is 9.97. The molecule has 1 N–H and O–H groups in total. The Morgan fingerprint density at radius 3 is 1.42 bits per heavy atom. The zero-order valence-electron chi connectivity index (χ0n) is 7.76. The van der Waals surface area contributed by atoms with Gasteiger partial charge in [-0.25, -0.2) is 0 Å². The van der Waals surface area contributed by atoms with E-state index < -0.39 is 0 Å². The summed E-state index contributed by atoms with van der Waals surface area (Å²) in [4.78, 5) is 0. The highest BCUT2D eigenvalue weighted by Crippen LogP contribution is 2.41. The summed E-state index contributed by atoms with van der Waals surface area (Å²) >= 11 is 0. The first-order valence-corrected chi connectivity index (χ1v) is 5.43. The van der Waals surface area contributed by atoms with Gasteiger partial charge in [0.1, 0.15) is 0 Å². The fourth-order valence-electron chi connectivity index (χ4n) is 2.78. The Bertz CT molecular complexity index is 116. The molecule has 2 rings (SSSR count). The van der Waals surface area contributed by atoms with E-state index in [4.69, 9.17) is 0 Å². The molecular weight excluding hydrogens is 148 g/mol. The van der Waals surface area contributed by atoms with Crippen LogP contribution in [0.2, 0.25) is 0 Å². The molecule has 1 heteroatoms. The number of rotatable bonds is 2. The lowest BCUT2D eigenvalue weighted by atomic mass is 9.89. The van der Waals surface area contributed by atoms with Crippen molar-refractivity contribution in [3.8, 4) is 0 Å². The van der Waals surface area contributed by atoms with Crippen LogP contribution < -0.4 is 0 Å². The number of hydrogen-bond donors (Lipinski definition) is 1. The van der Waals surface area contributed by atoms with Gasteiger partial charge in [-0.2, -0.15) is 0 Å². The quantitative estimate of drug-likeness (QED) is 0.669. The van der Waals surface area contributed by atoms with Crippen molar-refractivity contribution in [2.24, 2.45) is 11.8 Å². The van der Waals surface area contributed by atoms with Crippen molar-refractivity contribution < 1.29 is 5.11 Å². The molecule has 1 radical (unpaired) electrons. The third-order valence-corrected chi connectivity index (χ3v) is 3.55. The van der Waals surface area contributed by atoms with E-state index in [9.17, 15) is 5.11 Å². The van der Waals surface area contributed by atoms with Gasteiger partial charge in [-0.15, -0.1) is 0 Å². The van der Waals surface area contributed by atoms with Gasteiger partial charge < -0.3 is 5.11 Å². The molecule has 0 aliphatic heterocycles. The lowest BCUT2D eigenvalue weighted by Crippen LogP contribution is -2.16. The SMILES string of the molecule is O[C](C1CCCC1)C1CCCC1. The van der Waals surface area contributed by atoms with Gasteiger partial charge in [-0.05, 0) is 37.5 Å². The monoisotopic (exact) mass is 167 g/mol. The van der Waals surface area contributed by atoms with Gasteiger partial charge in [0.15, 0.2) is 0 Å². The average Bonchev–Trinajstić information content (AvgIpc) is 2.77. The standard InChI is InChI=1S/C11H19O/c12-11(9-5-1-2-6-9)10-7-3-4-8-10/h9-10,12H,1-8H2. The summed E-state index contributed by atoms with van der Waals surface area (Å²) in [6.45, 7) is 0. The van der Waals surface area contributed by atoms with Crippen LogP contribution in [0.5, 0.6) is 0 Å². The van der Waals surface area contributed by atoms with Crippen LogP contribution in [0.4, 0.5) is 0 Å². The van der Waals surface area contributed by atoms with Gasteiger partial charge in [-0.1, -0.05) is 25.7 Å². The number of aliphatic hydroxyl groups is 1. The number of aliphatic hydroxyl groups excluding tert-OH is 1. The molecule has 0 aromatic heterocycles. The molecule has 0 aromatic rings. The molecule has 0 atom stereocenters. The maximum Gasteiger partial charge on any atom is 0.0994 e. The molecule has 69 valence electrons. The Labute approximate surface area is 75.2 Å². The molecule has 0 aromatic carbocycles. The van der Waals surface area contributed by atoms with E-state index in [1.807, 2.05) is 0 Å². The molecule has 2 saturated carbocycles. The Kier molecular flexibility index (Phi) is 2.69. The fourth-order valence-corrected chi connectivity index (χ4v) is 2.78. The van der Waals surface area contributed by atoms with E-state index in [0.29, 0.717) is 11.8 Å². The highest BCUT2D eigenvalue weighted by atomic mass is 16.3. The molecule has 12 heavy (non-hydrogen) atoms. The minimum absolute atomic E-state index is 0.577. The van der Waals surface area contributed by atoms with Gasteiger partial charge in [0.25, 0.3) is 0 Å². The summed E-state index contributed by atoms with van der Waals surface area (Å²) in [6, 6.07) is 0. The van der Waals surface area contributed by atoms with Crippen molar-refractivity contribution in [3.05, 3.63) is 6.10 Å². The van der Waals surface area contributed by atoms with Crippen LogP contribution in [0.25, 0.3) is 0 Å². The van der Waals surface area contributed by atoms with Gasteiger partial charge in [0, 0.05) is 0 Å². The smallest absolute Gasteiger partial charge is 0.0994 e. The van der Waals surface area contributed by atoms with E-state index in [0.717, 1.165) is 6.10 Å². The summed E-state index contributed by atoms with van der Waals surface area (Å²) in [7, 11) is 0. The van der Waals surface area contributed by atoms with Crippen LogP contribution >= 0.6 is 0 Å². The lowest BCUT2D eigenvalue weighted by molar-refractivity contribution is 0.167. The molecular formula is C11H19O. The minimum Gasteiger partial charge on any atom is -0.386 e. The third kappa shape index (κ3) is 1.66. The van der Waals surface area contributed by atoms with Crippen molar-refractivity contribution >= 4 is 0 Å². The summed E-state index contributed by atoms with van der Waals surface area (Å²) in [5, 5.41) is 9.97. The van der Waals surface area contributed by atoms with Crippen LogP contribution in [0, 0.1) is 17.9 Å². The Hall–Kier alpha value is -0.0400. The van der Waals surface area contributed by atoms with E-state index in [1.54, 1.807) is 0 Å². The first-order chi connectivity index (χ1) is 5.88. The first kappa shape index (κ1) is 8.55. The second-order valence-corrected chi connectivity index (χ2v) is 4.39. The molecule has 0 unspecified atom stereocenters. The normalized spacial score (nSPS) is 27.5. The van der Waals surface area contributed by atoms with Crippen LogP contribution in [0.3, 0.4) is 0 Å². The largest absolute Gasteiger partial charge is 0.386 e. The van der Waals surface area contributed by atoms with E-state index in [-0.39, 0.29) is 0 Å². The van der Waals surface area contributed by atoms with Gasteiger partial charge >= 0.3 is 0 Å². The van der Waals surface area contributed by atoms with Crippen LogP contribution in [-0.4, -0.2) is 5.11 Å². The Balaban J connectivity index is 1.84. The molecule has 2 aliphatic carbocycles. The van der Waals surface area contributed by atoms with Crippen molar-refractivity contribution in [2.45, 2.75) is 51.4 Å². The van der Waals surface area contributed by atoms with Crippen LogP contribution in [-0.2, 0) is 0 Å². The molecule has 0 saturated heterocycles. The molecule has 0 spiro atoms. The van der Waals surface area contributed by atoms with E-state index in [2.05, 4.69) is 0 Å². The number of hydrogen-bond acceptors (Lipinski definition) is 1. The van der Waals surface area contributed by atoms with Crippen molar-refractivity contribution in [1.82, 2.24) is 0 Å². The maximum atomic E-state index is 9.97. The van der Waals surface area contributed by atoms with Crippen LogP contribution in [0.15, 0.2) is 0 Å². The predicted molar refractivity (Wildman–Crippen MR) is 49.1 cm³/mol. The molecule has 2 fully saturated rings. The molecule has 0 amide bonds. The molecule has 0 heterocycles. The Morgan fingerprint density at radius 2 is 1.08 bits per heavy atom. The van der Waals surface area contributed by atoms with Crippen molar-refractivity contribution in [2.75, 3.05) is 0 Å². The second-order valence-electron chi connectivity index (χ2n) is 4.39. The fraction of sp³-hybridized carbons (Fsp3) is 0.909. The van der Waals surface area contributed by atoms with Crippen molar-refractivity contribution in [3.63, 3.8) is 0 Å². The molecule has 1 nitrogen and oxygen atoms in total. The minimum atomic E-state index is 0.577. The summed E-state index contributed by atoms with van der Waals surface area (Å²) in [5.74, 6) is 1.15. The first-order valence-electron chi connectivity index (χ1n) is 5.43. The zero-order valence-corrected chi connectivity index (χ0v) is 7.76. The van der Waals surface area contributed by atoms with E-state index in [1.165, 1.54) is 51.4 Å². The molecule has 0 bridgehead atoms. The van der Waals surface area contributed by atoms with Gasteiger partial charge in [0.05, 0.1) is 6.10 Å². The average molecular weight is 167 g/mol. The van der Waals surface area contributed by atoms with Gasteiger partial charge in [-0.3, -0.25) is 0 Å². The highest BCUT2D eigenvalue weighted by molar-refractivity contribution is 4.95. The summed E-state index contributed by atoms with van der Waals surface area (Å²) in [5.41, 5.74) is 0. The molecule has 2 aliphatic rings. The highest BCUT2D eigenvalue weighted by Gasteiger charge is 2.32. The zero-order chi connectivity index (χ0) is 8.39. The Morgan fingerprint density at radius 1 is 0.750 bits per heavy atom. The topological polar surface area (TPSA) is 20.2 Å².